The predicted octanol–water partition coefficient (Wildman–Crippen LogP) is 3.98. The number of hydrazone groups is 1. The number of primary amides is 1. The first-order chi connectivity index (χ1) is 12.3. The van der Waals surface area contributed by atoms with E-state index < -0.39 is 11.0 Å². The molecule has 1 atom stereocenters. The lowest BCUT2D eigenvalue weighted by Crippen LogP contribution is -2.39. The number of nitro groups is 1. The van der Waals surface area contributed by atoms with E-state index in [-0.39, 0.29) is 11.7 Å². The average molecular weight is 393 g/mol. The maximum absolute atomic E-state index is 11.8. The number of benzene rings is 2. The molecule has 0 bridgehead atoms. The first-order valence-electron chi connectivity index (χ1n) is 7.68. The van der Waals surface area contributed by atoms with Gasteiger partial charge in [0, 0.05) is 23.3 Å². The molecule has 0 spiro atoms. The van der Waals surface area contributed by atoms with Crippen LogP contribution in [0.4, 0.5) is 10.5 Å². The molecule has 134 valence electrons. The van der Waals surface area contributed by atoms with Crippen molar-refractivity contribution < 1.29 is 9.72 Å². The van der Waals surface area contributed by atoms with Crippen molar-refractivity contribution in [1.29, 1.82) is 0 Å². The minimum atomic E-state index is -0.693. The molecule has 2 amide bonds. The number of fused-ring (bicyclic) bond motifs is 1. The van der Waals surface area contributed by atoms with Gasteiger partial charge in [-0.25, -0.2) is 9.80 Å². The molecular weight excluding hydrogens is 379 g/mol. The molecule has 1 heterocycles. The summed E-state index contributed by atoms with van der Waals surface area (Å²) in [5.41, 5.74) is 8.01. The predicted molar refractivity (Wildman–Crippen MR) is 99.8 cm³/mol. The molecule has 0 aromatic heterocycles. The van der Waals surface area contributed by atoms with Gasteiger partial charge in [0.2, 0.25) is 0 Å². The molecule has 2 aromatic rings. The molecule has 0 radical (unpaired) electrons. The zero-order valence-electron chi connectivity index (χ0n) is 13.6. The summed E-state index contributed by atoms with van der Waals surface area (Å²) in [6.45, 7) is 1.82. The Morgan fingerprint density at radius 1 is 1.27 bits per heavy atom. The molecule has 9 heteroatoms. The number of non-ortho nitro benzene ring substituents is 1. The van der Waals surface area contributed by atoms with Crippen LogP contribution in [-0.2, 0) is 6.42 Å². The van der Waals surface area contributed by atoms with Crippen molar-refractivity contribution in [2.45, 2.75) is 19.4 Å². The van der Waals surface area contributed by atoms with E-state index in [0.29, 0.717) is 33.3 Å². The quantitative estimate of drug-likeness (QED) is 0.617. The van der Waals surface area contributed by atoms with Crippen molar-refractivity contribution in [1.82, 2.24) is 5.01 Å². The van der Waals surface area contributed by atoms with Crippen LogP contribution in [0.3, 0.4) is 0 Å². The summed E-state index contributed by atoms with van der Waals surface area (Å²) in [6.07, 6.45) is 0.481. The van der Waals surface area contributed by atoms with Gasteiger partial charge in [0.05, 0.1) is 26.7 Å². The minimum Gasteiger partial charge on any atom is -0.350 e. The number of hydrogen-bond acceptors (Lipinski definition) is 4. The highest BCUT2D eigenvalue weighted by atomic mass is 35.5. The second kappa shape index (κ2) is 6.93. The largest absolute Gasteiger partial charge is 0.350 e. The summed E-state index contributed by atoms with van der Waals surface area (Å²) in [6, 6.07) is 8.31. The number of urea groups is 1. The van der Waals surface area contributed by atoms with Gasteiger partial charge in [0.1, 0.15) is 0 Å². The summed E-state index contributed by atoms with van der Waals surface area (Å²) in [5, 5.41) is 17.2. The lowest BCUT2D eigenvalue weighted by Gasteiger charge is -2.20. The van der Waals surface area contributed by atoms with Gasteiger partial charge in [-0.3, -0.25) is 10.1 Å². The van der Waals surface area contributed by atoms with Crippen molar-refractivity contribution in [3.05, 3.63) is 73.2 Å². The monoisotopic (exact) mass is 392 g/mol. The molecule has 1 unspecified atom stereocenters. The van der Waals surface area contributed by atoms with Crippen LogP contribution in [0.25, 0.3) is 0 Å². The molecule has 0 saturated heterocycles. The van der Waals surface area contributed by atoms with Crippen molar-refractivity contribution >= 4 is 40.6 Å². The Labute approximate surface area is 159 Å². The zero-order chi connectivity index (χ0) is 19.0. The molecule has 2 aromatic carbocycles. The van der Waals surface area contributed by atoms with Crippen molar-refractivity contribution in [2.24, 2.45) is 10.8 Å². The highest BCUT2D eigenvalue weighted by Gasteiger charge is 2.27. The Bertz CT molecular complexity index is 928. The molecule has 2 N–H and O–H groups in total. The summed E-state index contributed by atoms with van der Waals surface area (Å²) in [5.74, 6) is 0. The van der Waals surface area contributed by atoms with Crippen LogP contribution in [0, 0.1) is 10.1 Å². The highest BCUT2D eigenvalue weighted by molar-refractivity contribution is 6.42. The molecule has 0 aliphatic carbocycles. The summed E-state index contributed by atoms with van der Waals surface area (Å²) >= 11 is 12.3. The van der Waals surface area contributed by atoms with E-state index in [9.17, 15) is 14.9 Å². The summed E-state index contributed by atoms with van der Waals surface area (Å²) in [4.78, 5) is 22.2. The Morgan fingerprint density at radius 2 is 1.88 bits per heavy atom. The summed E-state index contributed by atoms with van der Waals surface area (Å²) < 4.78 is 0. The van der Waals surface area contributed by atoms with Gasteiger partial charge in [-0.05, 0) is 43.2 Å². The van der Waals surface area contributed by atoms with Crippen LogP contribution in [0.1, 0.15) is 23.6 Å². The first-order valence-corrected chi connectivity index (χ1v) is 8.44. The molecule has 0 fully saturated rings. The van der Waals surface area contributed by atoms with Crippen LogP contribution in [0.5, 0.6) is 0 Å². The van der Waals surface area contributed by atoms with E-state index in [4.69, 9.17) is 28.9 Å². The van der Waals surface area contributed by atoms with Gasteiger partial charge in [-0.15, -0.1) is 0 Å². The number of halogens is 2. The fraction of sp³-hybridized carbons (Fsp3) is 0.176. The normalized spacial score (nSPS) is 16.5. The first kappa shape index (κ1) is 18.2. The van der Waals surface area contributed by atoms with Crippen molar-refractivity contribution in [3.8, 4) is 0 Å². The van der Waals surface area contributed by atoms with Crippen molar-refractivity contribution in [2.75, 3.05) is 0 Å². The maximum Gasteiger partial charge on any atom is 0.335 e. The maximum atomic E-state index is 11.8. The molecule has 0 saturated carbocycles. The van der Waals surface area contributed by atoms with Gasteiger partial charge >= 0.3 is 6.03 Å². The number of nitrogens with two attached hydrogens (primary N) is 1. The van der Waals surface area contributed by atoms with E-state index in [1.165, 1.54) is 17.1 Å². The fourth-order valence-electron chi connectivity index (χ4n) is 2.86. The zero-order valence-corrected chi connectivity index (χ0v) is 15.2. The average Bonchev–Trinajstić information content (AvgIpc) is 2.72. The standard InChI is InChI=1S/C17H14Cl2N4O3/c1-9-6-11-7-14(18)15(19)8-13(11)16(21-22(9)17(20)24)10-2-4-12(5-3-10)23(25)26/h2-5,7-9H,6H2,1H3,(H2,20,24). The minimum absolute atomic E-state index is 0.0440. The van der Waals surface area contributed by atoms with E-state index >= 15 is 0 Å². The third-order valence-electron chi connectivity index (χ3n) is 4.12. The molecule has 26 heavy (non-hydrogen) atoms. The number of carbonyl (C=O) groups is 1. The van der Waals surface area contributed by atoms with Crippen LogP contribution in [0.2, 0.25) is 10.0 Å². The van der Waals surface area contributed by atoms with E-state index in [0.717, 1.165) is 5.56 Å². The summed E-state index contributed by atoms with van der Waals surface area (Å²) in [7, 11) is 0. The Morgan fingerprint density at radius 3 is 2.46 bits per heavy atom. The Balaban J connectivity index is 2.21. The lowest BCUT2D eigenvalue weighted by molar-refractivity contribution is -0.384. The van der Waals surface area contributed by atoms with E-state index in [1.54, 1.807) is 24.3 Å². The number of carbonyl (C=O) groups excluding carboxylic acids is 1. The van der Waals surface area contributed by atoms with Gasteiger partial charge in [0.25, 0.3) is 5.69 Å². The number of nitro benzene ring substituents is 1. The number of nitrogens with zero attached hydrogens (tertiary/aromatic N) is 3. The smallest absolute Gasteiger partial charge is 0.335 e. The molecule has 7 nitrogen and oxygen atoms in total. The van der Waals surface area contributed by atoms with Crippen molar-refractivity contribution in [3.63, 3.8) is 0 Å². The second-order valence-electron chi connectivity index (χ2n) is 5.91. The third-order valence-corrected chi connectivity index (χ3v) is 4.84. The molecular formula is C17H14Cl2N4O3. The van der Waals surface area contributed by atoms with Gasteiger partial charge in [0.15, 0.2) is 0 Å². The Hall–Kier alpha value is -2.64. The van der Waals surface area contributed by atoms with E-state index in [1.807, 2.05) is 6.92 Å². The van der Waals surface area contributed by atoms with Crippen LogP contribution >= 0.6 is 23.2 Å². The highest BCUT2D eigenvalue weighted by Crippen LogP contribution is 2.31. The molecule has 3 rings (SSSR count). The molecule has 1 aliphatic heterocycles. The number of rotatable bonds is 2. The van der Waals surface area contributed by atoms with Crippen LogP contribution in [0.15, 0.2) is 41.5 Å². The fourth-order valence-corrected chi connectivity index (χ4v) is 3.21. The van der Waals surface area contributed by atoms with Gasteiger partial charge < -0.3 is 5.73 Å². The lowest BCUT2D eigenvalue weighted by atomic mass is 9.94. The topological polar surface area (TPSA) is 102 Å². The number of amides is 2. The van der Waals surface area contributed by atoms with Gasteiger partial charge in [-0.1, -0.05) is 23.2 Å². The second-order valence-corrected chi connectivity index (χ2v) is 6.73. The van der Waals surface area contributed by atoms with E-state index in [2.05, 4.69) is 5.10 Å². The Kier molecular flexibility index (Phi) is 4.84. The van der Waals surface area contributed by atoms with Gasteiger partial charge in [-0.2, -0.15) is 5.10 Å². The van der Waals surface area contributed by atoms with Crippen LogP contribution in [-0.4, -0.2) is 27.7 Å². The SMILES string of the molecule is CC1Cc2cc(Cl)c(Cl)cc2C(c2ccc([N+](=O)[O-])cc2)=NN1C(N)=O. The third kappa shape index (κ3) is 3.36. The molecule has 1 aliphatic rings. The number of hydrogen-bond donors (Lipinski definition) is 1. The van der Waals surface area contributed by atoms with Crippen LogP contribution < -0.4 is 5.73 Å².